The van der Waals surface area contributed by atoms with Crippen molar-refractivity contribution in [1.82, 2.24) is 25.0 Å². The van der Waals surface area contributed by atoms with Crippen LogP contribution >= 0.6 is 15.9 Å². The molecule has 0 saturated heterocycles. The van der Waals surface area contributed by atoms with E-state index < -0.39 is 0 Å². The van der Waals surface area contributed by atoms with Crippen LogP contribution in [-0.2, 0) is 26.9 Å². The highest BCUT2D eigenvalue weighted by Gasteiger charge is 2.20. The Labute approximate surface area is 121 Å². The van der Waals surface area contributed by atoms with Crippen LogP contribution in [0.15, 0.2) is 16.7 Å². The third-order valence-corrected chi connectivity index (χ3v) is 4.23. The normalized spacial score (nSPS) is 12.9. The summed E-state index contributed by atoms with van der Waals surface area (Å²) in [7, 11) is 3.87. The van der Waals surface area contributed by atoms with Gasteiger partial charge in [-0.15, -0.1) is 0 Å². The van der Waals surface area contributed by atoms with Crippen LogP contribution in [0, 0.1) is 0 Å². The molecule has 1 atom stereocenters. The summed E-state index contributed by atoms with van der Waals surface area (Å²) < 4.78 is 4.80. The molecule has 104 valence electrons. The minimum Gasteiger partial charge on any atom is -0.271 e. The second kappa shape index (κ2) is 5.85. The van der Waals surface area contributed by atoms with Crippen molar-refractivity contribution in [1.29, 1.82) is 0 Å². The first-order chi connectivity index (χ1) is 9.08. The fourth-order valence-corrected chi connectivity index (χ4v) is 2.99. The average Bonchev–Trinajstić information content (AvgIpc) is 2.93. The van der Waals surface area contributed by atoms with Crippen molar-refractivity contribution in [3.05, 3.63) is 33.8 Å². The zero-order chi connectivity index (χ0) is 14.0. The van der Waals surface area contributed by atoms with Crippen molar-refractivity contribution in [3.8, 4) is 0 Å². The summed E-state index contributed by atoms with van der Waals surface area (Å²) in [5.41, 5.74) is 6.10. The first-order valence-corrected chi connectivity index (χ1v) is 7.02. The zero-order valence-electron chi connectivity index (χ0n) is 11.4. The maximum absolute atomic E-state index is 5.68. The Bertz CT molecular complexity index is 559. The Hall–Kier alpha value is -1.18. The lowest BCUT2D eigenvalue weighted by atomic mass is 10.1. The topological polar surface area (TPSA) is 73.7 Å². The zero-order valence-corrected chi connectivity index (χ0v) is 13.0. The number of hydrogen-bond donors (Lipinski definition) is 2. The molecule has 19 heavy (non-hydrogen) atoms. The monoisotopic (exact) mass is 326 g/mol. The van der Waals surface area contributed by atoms with Crippen LogP contribution in [0.25, 0.3) is 0 Å². The van der Waals surface area contributed by atoms with Gasteiger partial charge in [-0.25, -0.2) is 0 Å². The van der Waals surface area contributed by atoms with Crippen LogP contribution in [0.3, 0.4) is 0 Å². The molecule has 0 fully saturated rings. The minimum atomic E-state index is 0.00362. The van der Waals surface area contributed by atoms with Crippen molar-refractivity contribution in [2.45, 2.75) is 25.8 Å². The summed E-state index contributed by atoms with van der Waals surface area (Å²) >= 11 is 3.63. The highest BCUT2D eigenvalue weighted by molar-refractivity contribution is 9.10. The maximum atomic E-state index is 5.68. The Morgan fingerprint density at radius 1 is 1.42 bits per heavy atom. The fraction of sp³-hybridized carbons (Fsp3) is 0.500. The molecule has 1 unspecified atom stereocenters. The lowest BCUT2D eigenvalue weighted by Gasteiger charge is -2.16. The second-order valence-corrected chi connectivity index (χ2v) is 5.28. The number of hydrazine groups is 1. The molecule has 0 aliphatic carbocycles. The fourth-order valence-electron chi connectivity index (χ4n) is 2.21. The number of hydrogen-bond acceptors (Lipinski definition) is 4. The molecular weight excluding hydrogens is 308 g/mol. The van der Waals surface area contributed by atoms with Gasteiger partial charge in [0.15, 0.2) is 0 Å². The van der Waals surface area contributed by atoms with Gasteiger partial charge in [-0.3, -0.25) is 20.6 Å². The predicted molar refractivity (Wildman–Crippen MR) is 77.3 cm³/mol. The van der Waals surface area contributed by atoms with Crippen LogP contribution in [0.2, 0.25) is 0 Å². The van der Waals surface area contributed by atoms with E-state index >= 15 is 0 Å². The number of nitrogens with zero attached hydrogens (tertiary/aromatic N) is 4. The van der Waals surface area contributed by atoms with Crippen molar-refractivity contribution in [2.75, 3.05) is 0 Å². The summed E-state index contributed by atoms with van der Waals surface area (Å²) in [6.45, 7) is 2.09. The third kappa shape index (κ3) is 2.72. The van der Waals surface area contributed by atoms with Crippen LogP contribution in [0.4, 0.5) is 0 Å². The van der Waals surface area contributed by atoms with Crippen LogP contribution in [-0.4, -0.2) is 19.6 Å². The lowest BCUT2D eigenvalue weighted by molar-refractivity contribution is 0.493. The van der Waals surface area contributed by atoms with E-state index in [1.54, 1.807) is 6.20 Å². The van der Waals surface area contributed by atoms with Crippen molar-refractivity contribution in [3.63, 3.8) is 0 Å². The number of nitrogens with one attached hydrogen (secondary N) is 1. The summed E-state index contributed by atoms with van der Waals surface area (Å²) in [6.07, 6.45) is 3.43. The largest absolute Gasteiger partial charge is 0.271 e. The summed E-state index contributed by atoms with van der Waals surface area (Å²) in [5, 5.41) is 8.68. The third-order valence-electron chi connectivity index (χ3n) is 3.32. The quantitative estimate of drug-likeness (QED) is 0.640. The molecule has 0 aromatic carbocycles. The molecule has 3 N–H and O–H groups in total. The van der Waals surface area contributed by atoms with Gasteiger partial charge in [0, 0.05) is 26.7 Å². The number of rotatable bonds is 5. The molecule has 0 aliphatic heterocycles. The molecule has 2 heterocycles. The standard InChI is InChI=1S/C12H19BrN6/c1-4-8-12(13)11(19(3)17-8)7-9(16-14)10-5-6-15-18(10)2/h5-6,9,16H,4,7,14H2,1-3H3. The summed E-state index contributed by atoms with van der Waals surface area (Å²) in [4.78, 5) is 0. The van der Waals surface area contributed by atoms with E-state index in [-0.39, 0.29) is 6.04 Å². The van der Waals surface area contributed by atoms with Gasteiger partial charge in [0.1, 0.15) is 0 Å². The minimum absolute atomic E-state index is 0.00362. The van der Waals surface area contributed by atoms with Gasteiger partial charge in [0.2, 0.25) is 0 Å². The Balaban J connectivity index is 2.29. The van der Waals surface area contributed by atoms with Gasteiger partial charge in [-0.05, 0) is 28.4 Å². The summed E-state index contributed by atoms with van der Waals surface area (Å²) in [5.74, 6) is 5.68. The molecule has 0 spiro atoms. The van der Waals surface area contributed by atoms with Crippen molar-refractivity contribution >= 4 is 15.9 Å². The van der Waals surface area contributed by atoms with Crippen LogP contribution < -0.4 is 11.3 Å². The average molecular weight is 327 g/mol. The molecular formula is C12H19BrN6. The number of aryl methyl sites for hydroxylation is 3. The van der Waals surface area contributed by atoms with Gasteiger partial charge >= 0.3 is 0 Å². The molecule has 2 rings (SSSR count). The van der Waals surface area contributed by atoms with Gasteiger partial charge < -0.3 is 0 Å². The first kappa shape index (κ1) is 14.2. The van der Waals surface area contributed by atoms with Crippen molar-refractivity contribution in [2.24, 2.45) is 19.9 Å². The molecule has 0 saturated carbocycles. The van der Waals surface area contributed by atoms with E-state index in [1.165, 1.54) is 0 Å². The molecule has 2 aromatic heterocycles. The van der Waals surface area contributed by atoms with Crippen LogP contribution in [0.5, 0.6) is 0 Å². The Kier molecular flexibility index (Phi) is 4.38. The number of halogens is 1. The van der Waals surface area contributed by atoms with Gasteiger partial charge in [-0.2, -0.15) is 10.2 Å². The molecule has 7 heteroatoms. The van der Waals surface area contributed by atoms with E-state index in [4.69, 9.17) is 5.84 Å². The van der Waals surface area contributed by atoms with Gasteiger partial charge in [0.25, 0.3) is 0 Å². The number of nitrogens with two attached hydrogens (primary N) is 1. The second-order valence-electron chi connectivity index (χ2n) is 4.49. The molecule has 2 aromatic rings. The van der Waals surface area contributed by atoms with E-state index in [0.717, 1.165) is 34.4 Å². The van der Waals surface area contributed by atoms with Crippen molar-refractivity contribution < 1.29 is 0 Å². The van der Waals surface area contributed by atoms with E-state index in [2.05, 4.69) is 38.5 Å². The highest BCUT2D eigenvalue weighted by atomic mass is 79.9. The number of aromatic nitrogens is 4. The lowest BCUT2D eigenvalue weighted by Crippen LogP contribution is -2.31. The molecule has 6 nitrogen and oxygen atoms in total. The molecule has 0 radical (unpaired) electrons. The Morgan fingerprint density at radius 3 is 2.63 bits per heavy atom. The highest BCUT2D eigenvalue weighted by Crippen LogP contribution is 2.26. The van der Waals surface area contributed by atoms with E-state index in [9.17, 15) is 0 Å². The van der Waals surface area contributed by atoms with Gasteiger partial charge in [-0.1, -0.05) is 6.92 Å². The Morgan fingerprint density at radius 2 is 2.16 bits per heavy atom. The molecule has 0 amide bonds. The summed E-state index contributed by atoms with van der Waals surface area (Å²) in [6, 6.07) is 1.97. The maximum Gasteiger partial charge on any atom is 0.0766 e. The SMILES string of the molecule is CCc1nn(C)c(CC(NN)c2ccnn2C)c1Br. The first-order valence-electron chi connectivity index (χ1n) is 6.22. The predicted octanol–water partition coefficient (Wildman–Crippen LogP) is 1.23. The van der Waals surface area contributed by atoms with Crippen LogP contribution in [0.1, 0.15) is 30.0 Å². The smallest absolute Gasteiger partial charge is 0.0766 e. The van der Waals surface area contributed by atoms with Gasteiger partial charge in [0.05, 0.1) is 27.6 Å². The molecule has 0 aliphatic rings. The van der Waals surface area contributed by atoms with E-state index in [1.807, 2.05) is 29.5 Å². The molecule has 0 bridgehead atoms. The van der Waals surface area contributed by atoms with E-state index in [0.29, 0.717) is 0 Å².